The molecule has 0 aromatic rings. The molecule has 0 unspecified atom stereocenters. The number of ketones is 1. The minimum atomic E-state index is -0.329. The Morgan fingerprint density at radius 2 is 2.12 bits per heavy atom. The second-order valence-electron chi connectivity index (χ2n) is 9.44. The van der Waals surface area contributed by atoms with Gasteiger partial charge in [0.1, 0.15) is 11.4 Å². The van der Waals surface area contributed by atoms with Gasteiger partial charge in [-0.2, -0.15) is 0 Å². The van der Waals surface area contributed by atoms with E-state index in [1.54, 1.807) is 11.6 Å². The number of Topliss-reactive ketones (excluding diaryl/α,β-unsaturated/α-hetero) is 1. The van der Waals surface area contributed by atoms with Crippen molar-refractivity contribution in [1.29, 1.82) is 0 Å². The molecule has 1 spiro atoms. The summed E-state index contributed by atoms with van der Waals surface area (Å²) in [5, 5.41) is 0. The van der Waals surface area contributed by atoms with Crippen molar-refractivity contribution >= 4 is 11.8 Å². The molecule has 0 saturated heterocycles. The Morgan fingerprint density at radius 1 is 1.23 bits per heavy atom. The van der Waals surface area contributed by atoms with E-state index in [1.807, 2.05) is 0 Å². The Labute approximate surface area is 154 Å². The number of allylic oxidation sites excluding steroid dienone is 4. The van der Waals surface area contributed by atoms with E-state index < -0.39 is 0 Å². The normalized spacial score (nSPS) is 50.4. The zero-order valence-corrected chi connectivity index (χ0v) is 15.4. The van der Waals surface area contributed by atoms with Crippen molar-refractivity contribution in [1.82, 2.24) is 0 Å². The third-order valence-electron chi connectivity index (χ3n) is 8.86. The maximum atomic E-state index is 12.0. The molecule has 0 N–H and O–H groups in total. The SMILES string of the molecule is CC[C@]12CC[C@@H]3C4=C(C=C[C@H]3[C@@H]1[C@@H]1C[C@@H]1[C@@]21C=CC(=O)O1)CC(=O)CC4. The molecule has 7 atom stereocenters. The van der Waals surface area contributed by atoms with Crippen molar-refractivity contribution in [3.63, 3.8) is 0 Å². The fraction of sp³-hybridized carbons (Fsp3) is 0.652. The maximum absolute atomic E-state index is 12.0. The van der Waals surface area contributed by atoms with Crippen LogP contribution < -0.4 is 0 Å². The van der Waals surface area contributed by atoms with E-state index >= 15 is 0 Å². The van der Waals surface area contributed by atoms with E-state index in [4.69, 9.17) is 4.74 Å². The van der Waals surface area contributed by atoms with E-state index in [9.17, 15) is 9.59 Å². The van der Waals surface area contributed by atoms with Crippen LogP contribution in [0.3, 0.4) is 0 Å². The summed E-state index contributed by atoms with van der Waals surface area (Å²) in [5.41, 5.74) is 2.68. The number of esters is 1. The monoisotopic (exact) mass is 350 g/mol. The van der Waals surface area contributed by atoms with Gasteiger partial charge < -0.3 is 4.74 Å². The molecule has 0 aromatic heterocycles. The first-order valence-electron chi connectivity index (χ1n) is 10.4. The van der Waals surface area contributed by atoms with Gasteiger partial charge in [-0.05, 0) is 67.4 Å². The molecule has 1 aliphatic heterocycles. The minimum absolute atomic E-state index is 0.108. The van der Waals surface area contributed by atoms with Crippen LogP contribution >= 0.6 is 0 Å². The predicted molar refractivity (Wildman–Crippen MR) is 97.0 cm³/mol. The standard InChI is InChI=1S/C23H26O3/c1-2-22-9-7-16-15-6-4-14(24)11-13(15)3-5-17(16)21(22)18-12-19(18)23(22)10-8-20(25)26-23/h3,5,8,10,16-19,21H,2,4,6-7,9,11-12H2,1H3/t16-,17-,18-,19+,21-,22+,23+/m1/s1. The third-order valence-corrected chi connectivity index (χ3v) is 8.86. The lowest BCUT2D eigenvalue weighted by Gasteiger charge is -2.55. The van der Waals surface area contributed by atoms with Crippen molar-refractivity contribution in [3.05, 3.63) is 35.5 Å². The first-order valence-corrected chi connectivity index (χ1v) is 10.4. The lowest BCUT2D eigenvalue weighted by atomic mass is 9.50. The lowest BCUT2D eigenvalue weighted by Crippen LogP contribution is -2.54. The summed E-state index contributed by atoms with van der Waals surface area (Å²) in [7, 11) is 0. The average Bonchev–Trinajstić information content (AvgIpc) is 3.29. The van der Waals surface area contributed by atoms with E-state index in [-0.39, 0.29) is 17.0 Å². The Balaban J connectivity index is 1.42. The highest BCUT2D eigenvalue weighted by Crippen LogP contribution is 2.78. The Morgan fingerprint density at radius 3 is 2.88 bits per heavy atom. The minimum Gasteiger partial charge on any atom is -0.451 e. The second-order valence-corrected chi connectivity index (χ2v) is 9.44. The van der Waals surface area contributed by atoms with Crippen LogP contribution in [0.2, 0.25) is 0 Å². The Kier molecular flexibility index (Phi) is 2.84. The summed E-state index contributed by atoms with van der Waals surface area (Å²) in [6.07, 6.45) is 15.5. The second kappa shape index (κ2) is 4.79. The van der Waals surface area contributed by atoms with E-state index in [1.165, 1.54) is 18.4 Å². The highest BCUT2D eigenvalue weighted by atomic mass is 16.6. The van der Waals surface area contributed by atoms with Crippen molar-refractivity contribution in [2.24, 2.45) is 35.0 Å². The molecule has 3 saturated carbocycles. The lowest BCUT2D eigenvalue weighted by molar-refractivity contribution is -0.167. The van der Waals surface area contributed by atoms with Crippen LogP contribution in [0.5, 0.6) is 0 Å². The van der Waals surface area contributed by atoms with Crippen LogP contribution in [0.1, 0.15) is 51.9 Å². The highest BCUT2D eigenvalue weighted by Gasteiger charge is 2.78. The van der Waals surface area contributed by atoms with Gasteiger partial charge in [0.05, 0.1) is 0 Å². The zero-order chi connectivity index (χ0) is 17.7. The zero-order valence-electron chi connectivity index (χ0n) is 15.4. The van der Waals surface area contributed by atoms with Gasteiger partial charge in [0, 0.05) is 30.3 Å². The number of hydrogen-bond donors (Lipinski definition) is 0. The average molecular weight is 350 g/mol. The first-order chi connectivity index (χ1) is 12.6. The number of carbonyl (C=O) groups is 2. The quantitative estimate of drug-likeness (QED) is 0.667. The number of hydrogen-bond acceptors (Lipinski definition) is 3. The third kappa shape index (κ3) is 1.62. The van der Waals surface area contributed by atoms with Crippen molar-refractivity contribution in [3.8, 4) is 0 Å². The molecule has 6 aliphatic rings. The summed E-state index contributed by atoms with van der Waals surface area (Å²) in [6.45, 7) is 2.30. The number of carbonyl (C=O) groups excluding carboxylic acids is 2. The summed E-state index contributed by atoms with van der Waals surface area (Å²) < 4.78 is 6.10. The molecule has 136 valence electrons. The fourth-order valence-electron chi connectivity index (χ4n) is 7.92. The molecule has 5 aliphatic carbocycles. The summed E-state index contributed by atoms with van der Waals surface area (Å²) in [6, 6.07) is 0. The molecule has 26 heavy (non-hydrogen) atoms. The van der Waals surface area contributed by atoms with Gasteiger partial charge >= 0.3 is 5.97 Å². The van der Waals surface area contributed by atoms with Gasteiger partial charge in [0.25, 0.3) is 0 Å². The molecule has 6 rings (SSSR count). The molecule has 0 aromatic carbocycles. The van der Waals surface area contributed by atoms with Crippen LogP contribution in [0.25, 0.3) is 0 Å². The van der Waals surface area contributed by atoms with E-state index in [0.29, 0.717) is 41.8 Å². The van der Waals surface area contributed by atoms with Gasteiger partial charge in [-0.1, -0.05) is 24.6 Å². The maximum Gasteiger partial charge on any atom is 0.331 e. The summed E-state index contributed by atoms with van der Waals surface area (Å²) >= 11 is 0. The van der Waals surface area contributed by atoms with Crippen molar-refractivity contribution < 1.29 is 14.3 Å². The van der Waals surface area contributed by atoms with Gasteiger partial charge in [0.2, 0.25) is 0 Å². The van der Waals surface area contributed by atoms with Crippen LogP contribution in [-0.4, -0.2) is 17.4 Å². The number of fused-ring (bicyclic) bond motifs is 8. The largest absolute Gasteiger partial charge is 0.451 e. The topological polar surface area (TPSA) is 43.4 Å². The predicted octanol–water partition coefficient (Wildman–Crippen LogP) is 4.15. The van der Waals surface area contributed by atoms with Crippen molar-refractivity contribution in [2.75, 3.05) is 0 Å². The first kappa shape index (κ1) is 15.4. The molecule has 3 nitrogen and oxygen atoms in total. The molecule has 0 bridgehead atoms. The molecular weight excluding hydrogens is 324 g/mol. The number of rotatable bonds is 1. The molecule has 1 heterocycles. The summed E-state index contributed by atoms with van der Waals surface area (Å²) in [4.78, 5) is 23.9. The number of ether oxygens (including phenoxy) is 1. The fourth-order valence-corrected chi connectivity index (χ4v) is 7.92. The molecule has 3 fully saturated rings. The smallest absolute Gasteiger partial charge is 0.331 e. The van der Waals surface area contributed by atoms with E-state index in [2.05, 4.69) is 25.2 Å². The Hall–Kier alpha value is -1.64. The van der Waals surface area contributed by atoms with Gasteiger partial charge in [-0.15, -0.1) is 0 Å². The van der Waals surface area contributed by atoms with Crippen LogP contribution in [0.15, 0.2) is 35.5 Å². The van der Waals surface area contributed by atoms with Crippen molar-refractivity contribution in [2.45, 2.75) is 57.5 Å². The van der Waals surface area contributed by atoms with Gasteiger partial charge in [0.15, 0.2) is 0 Å². The summed E-state index contributed by atoms with van der Waals surface area (Å²) in [5.74, 6) is 3.30. The van der Waals surface area contributed by atoms with Crippen LogP contribution in [-0.2, 0) is 14.3 Å². The van der Waals surface area contributed by atoms with Gasteiger partial charge in [-0.25, -0.2) is 4.79 Å². The van der Waals surface area contributed by atoms with Gasteiger partial charge in [-0.3, -0.25) is 4.79 Å². The molecular formula is C23H26O3. The Bertz CT molecular complexity index is 817. The molecule has 3 heteroatoms. The van der Waals surface area contributed by atoms with Crippen LogP contribution in [0, 0.1) is 35.0 Å². The van der Waals surface area contributed by atoms with E-state index in [0.717, 1.165) is 25.7 Å². The molecule has 0 radical (unpaired) electrons. The molecule has 0 amide bonds. The highest BCUT2D eigenvalue weighted by molar-refractivity contribution is 5.86. The van der Waals surface area contributed by atoms with Crippen LogP contribution in [0.4, 0.5) is 0 Å².